The Kier molecular flexibility index (Phi) is 4.39. The van der Waals surface area contributed by atoms with Crippen molar-refractivity contribution < 1.29 is 29.7 Å². The zero-order chi connectivity index (χ0) is 13.7. The number of carbonyl (C=O) groups is 3. The predicted octanol–water partition coefficient (Wildman–Crippen LogP) is -0.0212. The van der Waals surface area contributed by atoms with E-state index in [1.807, 2.05) is 0 Å². The molecule has 0 aromatic heterocycles. The van der Waals surface area contributed by atoms with Gasteiger partial charge < -0.3 is 20.6 Å². The van der Waals surface area contributed by atoms with Gasteiger partial charge in [-0.1, -0.05) is 0 Å². The number of phenols is 1. The molecule has 0 aliphatic heterocycles. The van der Waals surface area contributed by atoms with Crippen molar-refractivity contribution in [2.45, 2.75) is 12.5 Å². The second-order valence-corrected chi connectivity index (χ2v) is 3.47. The smallest absolute Gasteiger partial charge is 0.332 e. The molecule has 1 aromatic carbocycles. The van der Waals surface area contributed by atoms with Crippen molar-refractivity contribution in [1.82, 2.24) is 0 Å². The van der Waals surface area contributed by atoms with Crippen LogP contribution >= 0.6 is 0 Å². The lowest BCUT2D eigenvalue weighted by molar-refractivity contribution is -0.146. The Labute approximate surface area is 102 Å². The quantitative estimate of drug-likeness (QED) is 0.321. The summed E-state index contributed by atoms with van der Waals surface area (Å²) >= 11 is 0. The fourth-order valence-corrected chi connectivity index (χ4v) is 1.33. The van der Waals surface area contributed by atoms with Crippen LogP contribution in [0.4, 0.5) is 5.69 Å². The molecule has 1 aromatic rings. The molecule has 0 bridgehead atoms. The second kappa shape index (κ2) is 5.78. The first-order valence-corrected chi connectivity index (χ1v) is 4.93. The molecule has 0 radical (unpaired) electrons. The molecule has 0 saturated heterocycles. The number of aromatic hydroxyl groups is 1. The Morgan fingerprint density at radius 1 is 1.39 bits per heavy atom. The highest BCUT2D eigenvalue weighted by Crippen LogP contribution is 2.22. The van der Waals surface area contributed by atoms with Crippen LogP contribution in [0, 0.1) is 0 Å². The van der Waals surface area contributed by atoms with E-state index >= 15 is 0 Å². The molecule has 18 heavy (non-hydrogen) atoms. The second-order valence-electron chi connectivity index (χ2n) is 3.47. The largest absolute Gasteiger partial charge is 0.508 e. The molecule has 1 rings (SSSR count). The summed E-state index contributed by atoms with van der Waals surface area (Å²) in [6.07, 6.45) is -2.13. The summed E-state index contributed by atoms with van der Waals surface area (Å²) in [7, 11) is 0. The third-order valence-corrected chi connectivity index (χ3v) is 2.18. The number of aliphatic carboxylic acids is 1. The van der Waals surface area contributed by atoms with Gasteiger partial charge in [0.1, 0.15) is 5.75 Å². The van der Waals surface area contributed by atoms with E-state index in [9.17, 15) is 19.5 Å². The Bertz CT molecular complexity index is 484. The lowest BCUT2D eigenvalue weighted by Gasteiger charge is -2.09. The van der Waals surface area contributed by atoms with Crippen molar-refractivity contribution in [3.63, 3.8) is 0 Å². The van der Waals surface area contributed by atoms with Gasteiger partial charge in [-0.3, -0.25) is 9.59 Å². The van der Waals surface area contributed by atoms with E-state index in [1.165, 1.54) is 12.1 Å². The van der Waals surface area contributed by atoms with Gasteiger partial charge >= 0.3 is 5.97 Å². The number of aliphatic hydroxyl groups excluding tert-OH is 1. The van der Waals surface area contributed by atoms with E-state index in [0.717, 1.165) is 6.07 Å². The lowest BCUT2D eigenvalue weighted by atomic mass is 10.0. The number of phenolic OH excluding ortho intramolecular Hbond substituents is 1. The summed E-state index contributed by atoms with van der Waals surface area (Å²) in [5.41, 5.74) is 0.0628. The predicted molar refractivity (Wildman–Crippen MR) is 60.4 cm³/mol. The Morgan fingerprint density at radius 2 is 2.06 bits per heavy atom. The molecule has 7 nitrogen and oxygen atoms in total. The first-order valence-electron chi connectivity index (χ1n) is 4.93. The summed E-state index contributed by atoms with van der Waals surface area (Å²) in [4.78, 5) is 32.5. The minimum absolute atomic E-state index is 0.0672. The van der Waals surface area contributed by atoms with Crippen molar-refractivity contribution in [3.05, 3.63) is 23.8 Å². The summed E-state index contributed by atoms with van der Waals surface area (Å²) in [5.74, 6) is -2.43. The van der Waals surface area contributed by atoms with Gasteiger partial charge in [-0.15, -0.1) is 0 Å². The van der Waals surface area contributed by atoms with E-state index in [1.54, 1.807) is 0 Å². The molecule has 0 aliphatic rings. The monoisotopic (exact) mass is 253 g/mol. The SMILES string of the molecule is O=CNc1ccc(O)cc1C(=O)CC(O)C(=O)O. The maximum absolute atomic E-state index is 11.7. The highest BCUT2D eigenvalue weighted by molar-refractivity contribution is 6.04. The number of hydrogen-bond acceptors (Lipinski definition) is 5. The number of carboxylic acids is 1. The van der Waals surface area contributed by atoms with Crippen LogP contribution in [0.3, 0.4) is 0 Å². The zero-order valence-electron chi connectivity index (χ0n) is 9.16. The molecule has 1 amide bonds. The van der Waals surface area contributed by atoms with Crippen LogP contribution in [0.5, 0.6) is 5.75 Å². The van der Waals surface area contributed by atoms with Gasteiger partial charge in [0, 0.05) is 12.0 Å². The van der Waals surface area contributed by atoms with E-state index in [-0.39, 0.29) is 17.0 Å². The summed E-state index contributed by atoms with van der Waals surface area (Å²) in [6, 6.07) is 3.64. The Morgan fingerprint density at radius 3 is 2.61 bits per heavy atom. The van der Waals surface area contributed by atoms with Crippen LogP contribution in [0.2, 0.25) is 0 Å². The van der Waals surface area contributed by atoms with Gasteiger partial charge in [0.25, 0.3) is 0 Å². The number of amides is 1. The van der Waals surface area contributed by atoms with Crippen LogP contribution < -0.4 is 5.32 Å². The van der Waals surface area contributed by atoms with Gasteiger partial charge in [-0.05, 0) is 18.2 Å². The van der Waals surface area contributed by atoms with Gasteiger partial charge in [-0.25, -0.2) is 4.79 Å². The van der Waals surface area contributed by atoms with Crippen LogP contribution in [0.25, 0.3) is 0 Å². The first-order chi connectivity index (χ1) is 8.45. The maximum Gasteiger partial charge on any atom is 0.332 e. The van der Waals surface area contributed by atoms with Crippen LogP contribution in [-0.4, -0.2) is 39.6 Å². The summed E-state index contributed by atoms with van der Waals surface area (Å²) in [6.45, 7) is 0. The third kappa shape index (κ3) is 3.29. The van der Waals surface area contributed by atoms with Crippen molar-refractivity contribution in [2.24, 2.45) is 0 Å². The number of aliphatic hydroxyl groups is 1. The molecule has 4 N–H and O–H groups in total. The number of benzene rings is 1. The molecule has 0 saturated carbocycles. The van der Waals surface area contributed by atoms with Crippen molar-refractivity contribution in [2.75, 3.05) is 5.32 Å². The molecule has 96 valence electrons. The van der Waals surface area contributed by atoms with Gasteiger partial charge in [0.15, 0.2) is 11.9 Å². The standard InChI is InChI=1S/C11H11NO6/c13-5-12-8-2-1-6(14)3-7(8)9(15)4-10(16)11(17)18/h1-3,5,10,14,16H,4H2,(H,12,13)(H,17,18). The molecule has 0 heterocycles. The fraction of sp³-hybridized carbons (Fsp3) is 0.182. The average Bonchev–Trinajstić information content (AvgIpc) is 2.31. The topological polar surface area (TPSA) is 124 Å². The number of carbonyl (C=O) groups excluding carboxylic acids is 2. The first kappa shape index (κ1) is 13.7. The summed E-state index contributed by atoms with van der Waals surface area (Å²) in [5, 5.41) is 29.1. The minimum atomic E-state index is -1.83. The van der Waals surface area contributed by atoms with E-state index in [0.29, 0.717) is 6.41 Å². The van der Waals surface area contributed by atoms with Gasteiger partial charge in [0.2, 0.25) is 6.41 Å². The number of nitrogens with one attached hydrogen (secondary N) is 1. The molecule has 1 atom stereocenters. The highest BCUT2D eigenvalue weighted by Gasteiger charge is 2.21. The average molecular weight is 253 g/mol. The van der Waals surface area contributed by atoms with E-state index in [4.69, 9.17) is 10.2 Å². The van der Waals surface area contributed by atoms with Crippen molar-refractivity contribution in [1.29, 1.82) is 0 Å². The summed E-state index contributed by atoms with van der Waals surface area (Å²) < 4.78 is 0. The normalized spacial score (nSPS) is 11.6. The van der Waals surface area contributed by atoms with Crippen molar-refractivity contribution >= 4 is 23.9 Å². The molecule has 0 spiro atoms. The van der Waals surface area contributed by atoms with Crippen LogP contribution in [-0.2, 0) is 9.59 Å². The van der Waals surface area contributed by atoms with Crippen LogP contribution in [0.15, 0.2) is 18.2 Å². The maximum atomic E-state index is 11.7. The minimum Gasteiger partial charge on any atom is -0.508 e. The van der Waals surface area contributed by atoms with Crippen LogP contribution in [0.1, 0.15) is 16.8 Å². The number of hydrogen-bond donors (Lipinski definition) is 4. The molecule has 7 heteroatoms. The van der Waals surface area contributed by atoms with Gasteiger partial charge in [0.05, 0.1) is 5.69 Å². The number of rotatable bonds is 6. The zero-order valence-corrected chi connectivity index (χ0v) is 9.16. The number of carboxylic acid groups (broad SMARTS) is 1. The van der Waals surface area contributed by atoms with Gasteiger partial charge in [-0.2, -0.15) is 0 Å². The highest BCUT2D eigenvalue weighted by atomic mass is 16.4. The van der Waals surface area contributed by atoms with E-state index in [2.05, 4.69) is 5.32 Å². The number of anilines is 1. The van der Waals surface area contributed by atoms with Crippen molar-refractivity contribution in [3.8, 4) is 5.75 Å². The molecule has 0 fully saturated rings. The molecular weight excluding hydrogens is 242 g/mol. The molecule has 0 aliphatic carbocycles. The lowest BCUT2D eigenvalue weighted by Crippen LogP contribution is -2.23. The Hall–Kier alpha value is -2.41. The molecular formula is C11H11NO6. The number of Topliss-reactive ketones (excluding diaryl/α,β-unsaturated/α-hetero) is 1. The molecule has 1 unspecified atom stereocenters. The Balaban J connectivity index is 2.99. The number of ketones is 1. The fourth-order valence-electron chi connectivity index (χ4n) is 1.33. The third-order valence-electron chi connectivity index (χ3n) is 2.18. The van der Waals surface area contributed by atoms with E-state index < -0.39 is 24.3 Å².